The van der Waals surface area contributed by atoms with E-state index in [0.717, 1.165) is 44.9 Å². The molecule has 1 saturated carbocycles. The Kier molecular flexibility index (Phi) is 8.00. The summed E-state index contributed by atoms with van der Waals surface area (Å²) in [5, 5.41) is 20.5. The first kappa shape index (κ1) is 19.2. The zero-order valence-electron chi connectivity index (χ0n) is 14.8. The zero-order valence-corrected chi connectivity index (χ0v) is 14.8. The maximum Gasteiger partial charge on any atom is 0.306 e. The summed E-state index contributed by atoms with van der Waals surface area (Å²) in [4.78, 5) is 11.9. The molecule has 0 amide bonds. The third kappa shape index (κ3) is 5.75. The summed E-state index contributed by atoms with van der Waals surface area (Å²) in [6.07, 6.45) is 14.3. The minimum absolute atomic E-state index is 0.0623. The van der Waals surface area contributed by atoms with Crippen molar-refractivity contribution in [2.24, 2.45) is 11.8 Å². The molecule has 136 valence electrons. The molecule has 1 fully saturated rings. The monoisotopic (exact) mass is 336 g/mol. The van der Waals surface area contributed by atoms with E-state index in [4.69, 9.17) is 4.74 Å². The summed E-state index contributed by atoms with van der Waals surface area (Å²) in [5.41, 5.74) is 0. The van der Waals surface area contributed by atoms with Gasteiger partial charge in [0.15, 0.2) is 0 Å². The van der Waals surface area contributed by atoms with Gasteiger partial charge < -0.3 is 14.9 Å². The number of carbonyl (C=O) groups excluding carboxylic acids is 1. The predicted octanol–water partition coefficient (Wildman–Crippen LogP) is 3.52. The molecule has 1 aliphatic carbocycles. The molecule has 0 unspecified atom stereocenters. The lowest BCUT2D eigenvalue weighted by molar-refractivity contribution is -0.151. The molecular weight excluding hydrogens is 304 g/mol. The van der Waals surface area contributed by atoms with Crippen molar-refractivity contribution in [2.75, 3.05) is 0 Å². The van der Waals surface area contributed by atoms with Gasteiger partial charge in [-0.15, -0.1) is 0 Å². The van der Waals surface area contributed by atoms with Crippen LogP contribution in [0.25, 0.3) is 0 Å². The van der Waals surface area contributed by atoms with Crippen molar-refractivity contribution in [3.8, 4) is 0 Å². The smallest absolute Gasteiger partial charge is 0.306 e. The number of esters is 1. The fourth-order valence-electron chi connectivity index (χ4n) is 3.74. The molecule has 2 rings (SSSR count). The Hall–Kier alpha value is -1.13. The van der Waals surface area contributed by atoms with Crippen molar-refractivity contribution in [2.45, 2.75) is 83.0 Å². The SMILES string of the molecule is CCCCC[C@H](O)/C=C\[C@@H]1[C@H]2CC=CCCCC(=O)O[C@H]2C[C@H]1O. The first-order chi connectivity index (χ1) is 11.6. The molecule has 2 N–H and O–H groups in total. The van der Waals surface area contributed by atoms with E-state index in [1.807, 2.05) is 12.2 Å². The maximum atomic E-state index is 11.9. The number of allylic oxidation sites excluding steroid dienone is 2. The summed E-state index contributed by atoms with van der Waals surface area (Å²) >= 11 is 0. The second kappa shape index (κ2) is 10.00. The summed E-state index contributed by atoms with van der Waals surface area (Å²) < 4.78 is 5.61. The average molecular weight is 336 g/mol. The van der Waals surface area contributed by atoms with Gasteiger partial charge in [0.05, 0.1) is 12.2 Å². The summed E-state index contributed by atoms with van der Waals surface area (Å²) in [6, 6.07) is 0. The van der Waals surface area contributed by atoms with Gasteiger partial charge in [-0.05, 0) is 25.7 Å². The molecular formula is C20H32O4. The molecule has 0 spiro atoms. The van der Waals surface area contributed by atoms with Crippen LogP contribution in [0.1, 0.15) is 64.7 Å². The number of unbranched alkanes of at least 4 members (excludes halogenated alkanes) is 2. The van der Waals surface area contributed by atoms with Crippen LogP contribution in [0.15, 0.2) is 24.3 Å². The minimum Gasteiger partial charge on any atom is -0.462 e. The van der Waals surface area contributed by atoms with Crippen LogP contribution in [0.5, 0.6) is 0 Å². The summed E-state index contributed by atoms with van der Waals surface area (Å²) in [6.45, 7) is 2.14. The van der Waals surface area contributed by atoms with E-state index in [0.29, 0.717) is 12.8 Å². The third-order valence-corrected chi connectivity index (χ3v) is 5.16. The molecule has 24 heavy (non-hydrogen) atoms. The van der Waals surface area contributed by atoms with Gasteiger partial charge in [-0.3, -0.25) is 4.79 Å². The highest BCUT2D eigenvalue weighted by Crippen LogP contribution is 2.38. The Morgan fingerprint density at radius 1 is 1.38 bits per heavy atom. The fourth-order valence-corrected chi connectivity index (χ4v) is 3.74. The van der Waals surface area contributed by atoms with Crippen LogP contribution in [-0.4, -0.2) is 34.5 Å². The molecule has 4 heteroatoms. The molecule has 0 aromatic rings. The highest BCUT2D eigenvalue weighted by atomic mass is 16.5. The normalized spacial score (nSPS) is 32.5. The highest BCUT2D eigenvalue weighted by molar-refractivity contribution is 5.69. The van der Waals surface area contributed by atoms with Gasteiger partial charge in [-0.25, -0.2) is 0 Å². The Morgan fingerprint density at radius 3 is 3.00 bits per heavy atom. The predicted molar refractivity (Wildman–Crippen MR) is 94.4 cm³/mol. The number of carbonyl (C=O) groups is 1. The van der Waals surface area contributed by atoms with E-state index in [1.165, 1.54) is 0 Å². The first-order valence-electron chi connectivity index (χ1n) is 9.50. The Bertz CT molecular complexity index is 443. The van der Waals surface area contributed by atoms with Crippen LogP contribution in [0.3, 0.4) is 0 Å². The standard InChI is InChI=1S/C20H32O4/c1-2-3-6-9-15(21)12-13-16-17-10-7-4-5-8-11-20(23)24-19(17)14-18(16)22/h4,7,12-13,15-19,21-22H,2-3,5-6,8-11,14H2,1H3/b7-4?,13-12-/t15-,16+,17+,18+,19-/m0/s1. The largest absolute Gasteiger partial charge is 0.462 e. The van der Waals surface area contributed by atoms with Crippen molar-refractivity contribution in [1.82, 2.24) is 0 Å². The van der Waals surface area contributed by atoms with Crippen molar-refractivity contribution < 1.29 is 19.7 Å². The quantitative estimate of drug-likeness (QED) is 0.442. The van der Waals surface area contributed by atoms with Gasteiger partial charge in [-0.2, -0.15) is 0 Å². The second-order valence-electron chi connectivity index (χ2n) is 7.12. The number of hydrogen-bond acceptors (Lipinski definition) is 4. The topological polar surface area (TPSA) is 66.8 Å². The van der Waals surface area contributed by atoms with Crippen LogP contribution in [0, 0.1) is 11.8 Å². The number of aliphatic hydroxyl groups excluding tert-OH is 2. The van der Waals surface area contributed by atoms with Gasteiger partial charge in [0.2, 0.25) is 0 Å². The van der Waals surface area contributed by atoms with Crippen LogP contribution in [0.2, 0.25) is 0 Å². The van der Waals surface area contributed by atoms with E-state index < -0.39 is 12.2 Å². The van der Waals surface area contributed by atoms with Crippen LogP contribution in [-0.2, 0) is 9.53 Å². The molecule has 5 atom stereocenters. The lowest BCUT2D eigenvalue weighted by atomic mass is 9.89. The number of fused-ring (bicyclic) bond motifs is 1. The number of rotatable bonds is 6. The van der Waals surface area contributed by atoms with Gasteiger partial charge >= 0.3 is 5.97 Å². The number of aliphatic hydroxyl groups is 2. The highest BCUT2D eigenvalue weighted by Gasteiger charge is 2.42. The van der Waals surface area contributed by atoms with Gasteiger partial charge in [0.25, 0.3) is 0 Å². The molecule has 1 aliphatic heterocycles. The molecule has 0 aromatic carbocycles. The Morgan fingerprint density at radius 2 is 2.21 bits per heavy atom. The fraction of sp³-hybridized carbons (Fsp3) is 0.750. The van der Waals surface area contributed by atoms with E-state index in [2.05, 4.69) is 19.1 Å². The lowest BCUT2D eigenvalue weighted by Crippen LogP contribution is -2.25. The maximum absolute atomic E-state index is 11.9. The zero-order chi connectivity index (χ0) is 17.4. The van der Waals surface area contributed by atoms with Crippen LogP contribution in [0.4, 0.5) is 0 Å². The van der Waals surface area contributed by atoms with Crippen molar-refractivity contribution in [3.05, 3.63) is 24.3 Å². The molecule has 0 aromatic heterocycles. The van der Waals surface area contributed by atoms with Crippen molar-refractivity contribution >= 4 is 5.97 Å². The number of ether oxygens (including phenoxy) is 1. The Balaban J connectivity index is 1.99. The molecule has 0 radical (unpaired) electrons. The van der Waals surface area contributed by atoms with E-state index in [1.54, 1.807) is 0 Å². The van der Waals surface area contributed by atoms with E-state index in [-0.39, 0.29) is 23.9 Å². The Labute approximate surface area is 145 Å². The van der Waals surface area contributed by atoms with Crippen LogP contribution >= 0.6 is 0 Å². The first-order valence-corrected chi connectivity index (χ1v) is 9.50. The van der Waals surface area contributed by atoms with Gasteiger partial charge in [0.1, 0.15) is 6.10 Å². The number of hydrogen-bond donors (Lipinski definition) is 2. The third-order valence-electron chi connectivity index (χ3n) is 5.16. The molecule has 4 nitrogen and oxygen atoms in total. The molecule has 0 saturated heterocycles. The van der Waals surface area contributed by atoms with Crippen molar-refractivity contribution in [1.29, 1.82) is 0 Å². The molecule has 2 aliphatic rings. The van der Waals surface area contributed by atoms with E-state index >= 15 is 0 Å². The lowest BCUT2D eigenvalue weighted by Gasteiger charge is -2.23. The van der Waals surface area contributed by atoms with Crippen LogP contribution < -0.4 is 0 Å². The van der Waals surface area contributed by atoms with E-state index in [9.17, 15) is 15.0 Å². The minimum atomic E-state index is -0.513. The summed E-state index contributed by atoms with van der Waals surface area (Å²) in [7, 11) is 0. The van der Waals surface area contributed by atoms with Gasteiger partial charge in [-0.1, -0.05) is 50.5 Å². The van der Waals surface area contributed by atoms with Gasteiger partial charge in [0, 0.05) is 24.7 Å². The summed E-state index contributed by atoms with van der Waals surface area (Å²) in [5.74, 6) is -0.123. The average Bonchev–Trinajstić information content (AvgIpc) is 2.84. The van der Waals surface area contributed by atoms with Crippen molar-refractivity contribution in [3.63, 3.8) is 0 Å². The molecule has 0 bridgehead atoms. The second-order valence-corrected chi connectivity index (χ2v) is 7.12. The molecule has 1 heterocycles.